The standard InChI is InChI=1S/C21H27N5OS/c1-6-14(2)25(13-17-10-8-7-9-11-17)19(27)12-18-15(3)22-20-23-21(28-5)24-26(20)16(18)4/h7-11,14H,6,12-13H2,1-5H3/t14-/m0/s1. The van der Waals surface area contributed by atoms with Gasteiger partial charge in [-0.2, -0.15) is 4.98 Å². The zero-order valence-corrected chi connectivity index (χ0v) is 18.0. The van der Waals surface area contributed by atoms with Crippen LogP contribution in [-0.4, -0.2) is 42.7 Å². The van der Waals surface area contributed by atoms with Crippen molar-refractivity contribution in [2.45, 2.75) is 58.3 Å². The molecule has 0 fully saturated rings. The fourth-order valence-electron chi connectivity index (χ4n) is 3.28. The highest BCUT2D eigenvalue weighted by Crippen LogP contribution is 2.19. The molecule has 1 atom stereocenters. The van der Waals surface area contributed by atoms with E-state index in [-0.39, 0.29) is 11.9 Å². The summed E-state index contributed by atoms with van der Waals surface area (Å²) in [6.45, 7) is 8.74. The molecule has 0 bridgehead atoms. The number of carbonyl (C=O) groups excluding carboxylic acids is 1. The number of rotatable bonds is 7. The molecule has 0 unspecified atom stereocenters. The number of nitrogens with zero attached hydrogens (tertiary/aromatic N) is 5. The Kier molecular flexibility index (Phi) is 6.34. The Balaban J connectivity index is 1.90. The van der Waals surface area contributed by atoms with E-state index >= 15 is 0 Å². The zero-order valence-electron chi connectivity index (χ0n) is 17.1. The minimum Gasteiger partial charge on any atom is -0.335 e. The fraction of sp³-hybridized carbons (Fsp3) is 0.429. The number of aromatic nitrogens is 4. The largest absolute Gasteiger partial charge is 0.335 e. The second-order valence-electron chi connectivity index (χ2n) is 7.01. The van der Waals surface area contributed by atoms with E-state index in [2.05, 4.69) is 41.0 Å². The van der Waals surface area contributed by atoms with E-state index in [1.54, 1.807) is 4.52 Å². The molecule has 6 nitrogen and oxygen atoms in total. The number of thioether (sulfide) groups is 1. The van der Waals surface area contributed by atoms with Crippen LogP contribution in [0.4, 0.5) is 0 Å². The third-order valence-corrected chi connectivity index (χ3v) is 5.72. The zero-order chi connectivity index (χ0) is 20.3. The Bertz CT molecular complexity index is 970. The first kappa shape index (κ1) is 20.3. The average Bonchev–Trinajstić information content (AvgIpc) is 3.12. The molecule has 0 saturated heterocycles. The van der Waals surface area contributed by atoms with Gasteiger partial charge in [0, 0.05) is 29.5 Å². The van der Waals surface area contributed by atoms with Crippen LogP contribution in [0.2, 0.25) is 0 Å². The van der Waals surface area contributed by atoms with Gasteiger partial charge in [0.15, 0.2) is 0 Å². The summed E-state index contributed by atoms with van der Waals surface area (Å²) >= 11 is 1.48. The smallest absolute Gasteiger partial charge is 0.253 e. The second kappa shape index (κ2) is 8.73. The summed E-state index contributed by atoms with van der Waals surface area (Å²) in [5.74, 6) is 0.689. The van der Waals surface area contributed by atoms with Gasteiger partial charge in [-0.15, -0.1) is 5.10 Å². The lowest BCUT2D eigenvalue weighted by Gasteiger charge is -2.29. The third-order valence-electron chi connectivity index (χ3n) is 5.18. The Labute approximate surface area is 170 Å². The van der Waals surface area contributed by atoms with E-state index in [1.165, 1.54) is 11.8 Å². The summed E-state index contributed by atoms with van der Waals surface area (Å²) in [4.78, 5) is 24.2. The van der Waals surface area contributed by atoms with E-state index in [9.17, 15) is 4.79 Å². The summed E-state index contributed by atoms with van der Waals surface area (Å²) in [6, 6.07) is 10.3. The Morgan fingerprint density at radius 3 is 2.57 bits per heavy atom. The molecule has 0 radical (unpaired) electrons. The highest BCUT2D eigenvalue weighted by Gasteiger charge is 2.22. The summed E-state index contributed by atoms with van der Waals surface area (Å²) in [6.07, 6.45) is 3.16. The quantitative estimate of drug-likeness (QED) is 0.567. The molecule has 0 saturated carbocycles. The maximum Gasteiger partial charge on any atom is 0.253 e. The molecule has 148 valence electrons. The molecule has 0 spiro atoms. The van der Waals surface area contributed by atoms with Crippen molar-refractivity contribution in [1.29, 1.82) is 0 Å². The maximum atomic E-state index is 13.3. The van der Waals surface area contributed by atoms with Crippen molar-refractivity contribution in [2.24, 2.45) is 0 Å². The SMILES string of the molecule is CC[C@H](C)N(Cc1ccccc1)C(=O)Cc1c(C)nc2nc(SC)nn2c1C. The molecule has 1 aromatic carbocycles. The summed E-state index contributed by atoms with van der Waals surface area (Å²) < 4.78 is 1.74. The van der Waals surface area contributed by atoms with Gasteiger partial charge in [0.25, 0.3) is 5.78 Å². The van der Waals surface area contributed by atoms with Crippen LogP contribution in [0.25, 0.3) is 5.78 Å². The van der Waals surface area contributed by atoms with Crippen molar-refractivity contribution in [3.8, 4) is 0 Å². The fourth-order valence-corrected chi connectivity index (χ4v) is 3.61. The van der Waals surface area contributed by atoms with Crippen molar-refractivity contribution in [2.75, 3.05) is 6.26 Å². The number of benzene rings is 1. The summed E-state index contributed by atoms with van der Waals surface area (Å²) in [5, 5.41) is 5.17. The highest BCUT2D eigenvalue weighted by atomic mass is 32.2. The van der Waals surface area contributed by atoms with Gasteiger partial charge < -0.3 is 4.90 Å². The van der Waals surface area contributed by atoms with Crippen LogP contribution in [0.5, 0.6) is 0 Å². The molecule has 0 aliphatic heterocycles. The van der Waals surface area contributed by atoms with E-state index < -0.39 is 0 Å². The Morgan fingerprint density at radius 1 is 1.21 bits per heavy atom. The topological polar surface area (TPSA) is 63.4 Å². The van der Waals surface area contributed by atoms with Crippen LogP contribution in [0.3, 0.4) is 0 Å². The third kappa shape index (κ3) is 4.19. The predicted octanol–water partition coefficient (Wildman–Crippen LogP) is 3.83. The minimum absolute atomic E-state index is 0.107. The molecule has 7 heteroatoms. The van der Waals surface area contributed by atoms with Gasteiger partial charge in [0.1, 0.15) is 0 Å². The number of hydrogen-bond acceptors (Lipinski definition) is 5. The molecule has 0 N–H and O–H groups in total. The highest BCUT2D eigenvalue weighted by molar-refractivity contribution is 7.98. The van der Waals surface area contributed by atoms with Gasteiger partial charge >= 0.3 is 0 Å². The van der Waals surface area contributed by atoms with E-state index in [4.69, 9.17) is 0 Å². The second-order valence-corrected chi connectivity index (χ2v) is 7.79. The summed E-state index contributed by atoms with van der Waals surface area (Å²) in [5.41, 5.74) is 3.82. The van der Waals surface area contributed by atoms with Crippen molar-refractivity contribution in [1.82, 2.24) is 24.5 Å². The van der Waals surface area contributed by atoms with Gasteiger partial charge in [0.2, 0.25) is 11.1 Å². The van der Waals surface area contributed by atoms with Crippen molar-refractivity contribution in [3.63, 3.8) is 0 Å². The van der Waals surface area contributed by atoms with E-state index in [1.807, 2.05) is 43.2 Å². The average molecular weight is 398 g/mol. The molecule has 3 aromatic rings. The Hall–Kier alpha value is -2.41. The minimum atomic E-state index is 0.107. The first-order chi connectivity index (χ1) is 13.4. The number of hydrogen-bond donors (Lipinski definition) is 0. The van der Waals surface area contributed by atoms with Gasteiger partial charge in [-0.3, -0.25) is 4.79 Å². The van der Waals surface area contributed by atoms with Crippen LogP contribution in [-0.2, 0) is 17.8 Å². The van der Waals surface area contributed by atoms with Crippen molar-refractivity contribution >= 4 is 23.4 Å². The first-order valence-corrected chi connectivity index (χ1v) is 10.8. The van der Waals surface area contributed by atoms with E-state index in [0.717, 1.165) is 28.9 Å². The van der Waals surface area contributed by atoms with Crippen molar-refractivity contribution < 1.29 is 4.79 Å². The molecule has 1 amide bonds. The predicted molar refractivity (Wildman–Crippen MR) is 112 cm³/mol. The lowest BCUT2D eigenvalue weighted by molar-refractivity contribution is -0.133. The van der Waals surface area contributed by atoms with Gasteiger partial charge in [-0.05, 0) is 39.0 Å². The van der Waals surface area contributed by atoms with Gasteiger partial charge in [0.05, 0.1) is 6.42 Å². The molecule has 3 rings (SSSR count). The molecule has 0 aliphatic carbocycles. The van der Waals surface area contributed by atoms with Crippen molar-refractivity contribution in [3.05, 3.63) is 52.8 Å². The number of fused-ring (bicyclic) bond motifs is 1. The van der Waals surface area contributed by atoms with Crippen LogP contribution in [0.1, 0.15) is 42.8 Å². The van der Waals surface area contributed by atoms with Crippen LogP contribution < -0.4 is 0 Å². The number of carbonyl (C=O) groups is 1. The van der Waals surface area contributed by atoms with Crippen LogP contribution in [0.15, 0.2) is 35.5 Å². The number of aryl methyl sites for hydroxylation is 2. The van der Waals surface area contributed by atoms with E-state index in [0.29, 0.717) is 23.9 Å². The molecule has 28 heavy (non-hydrogen) atoms. The van der Waals surface area contributed by atoms with Gasteiger partial charge in [-0.25, -0.2) is 9.50 Å². The normalized spacial score (nSPS) is 12.3. The molecular weight excluding hydrogens is 370 g/mol. The molecule has 2 heterocycles. The van der Waals surface area contributed by atoms with Crippen LogP contribution >= 0.6 is 11.8 Å². The first-order valence-electron chi connectivity index (χ1n) is 9.54. The Morgan fingerprint density at radius 2 is 1.93 bits per heavy atom. The van der Waals surface area contributed by atoms with Gasteiger partial charge in [-0.1, -0.05) is 49.0 Å². The lowest BCUT2D eigenvalue weighted by atomic mass is 10.1. The molecule has 2 aromatic heterocycles. The molecule has 0 aliphatic rings. The van der Waals surface area contributed by atoms with Crippen LogP contribution in [0, 0.1) is 13.8 Å². The summed E-state index contributed by atoms with van der Waals surface area (Å²) in [7, 11) is 0. The lowest BCUT2D eigenvalue weighted by Crippen LogP contribution is -2.39. The number of amides is 1. The monoisotopic (exact) mass is 397 g/mol. The molecular formula is C21H27N5OS. The maximum absolute atomic E-state index is 13.3.